The molecule has 0 radical (unpaired) electrons. The van der Waals surface area contributed by atoms with Crippen LogP contribution in [0.2, 0.25) is 0 Å². The molecule has 100 valence electrons. The number of hydrogen-bond donors (Lipinski definition) is 0. The number of aryl methyl sites for hydroxylation is 1. The second-order valence-corrected chi connectivity index (χ2v) is 3.82. The third kappa shape index (κ3) is 2.86. The molecule has 0 saturated heterocycles. The first-order valence-electron chi connectivity index (χ1n) is 5.21. The van der Waals surface area contributed by atoms with E-state index in [-0.39, 0.29) is 12.0 Å². The molecular weight excluding hydrogens is 255 g/mol. The molecular formula is C12H11F5O. The molecule has 0 spiro atoms. The smallest absolute Gasteiger partial charge is 0.294 e. The molecule has 0 bridgehead atoms. The largest absolute Gasteiger partial charge is 0.417 e. The standard InChI is InChI=1S/C12H11F5O/c1-3-7-4-8(11(13)14)10(6(2)18)9(5-7)12(15,16)17/h4-5,11H,3H2,1-2H3. The fraction of sp³-hybridized carbons (Fsp3) is 0.417. The van der Waals surface area contributed by atoms with Crippen LogP contribution in [0.5, 0.6) is 0 Å². The lowest BCUT2D eigenvalue weighted by Gasteiger charge is -2.16. The maximum atomic E-state index is 12.8. The molecule has 1 rings (SSSR count). The maximum absolute atomic E-state index is 12.8. The normalized spacial score (nSPS) is 12.0. The SMILES string of the molecule is CCc1cc(C(F)F)c(C(C)=O)c(C(F)(F)F)c1. The number of Topliss-reactive ketones (excluding diaryl/α,β-unsaturated/α-hetero) is 1. The van der Waals surface area contributed by atoms with Crippen LogP contribution < -0.4 is 0 Å². The van der Waals surface area contributed by atoms with Crippen LogP contribution >= 0.6 is 0 Å². The molecule has 18 heavy (non-hydrogen) atoms. The van der Waals surface area contributed by atoms with Gasteiger partial charge >= 0.3 is 6.18 Å². The Labute approximate surface area is 101 Å². The van der Waals surface area contributed by atoms with Crippen molar-refractivity contribution in [3.05, 3.63) is 34.4 Å². The van der Waals surface area contributed by atoms with E-state index in [1.54, 1.807) is 6.92 Å². The Morgan fingerprint density at radius 2 is 1.83 bits per heavy atom. The van der Waals surface area contributed by atoms with Crippen LogP contribution in [0.4, 0.5) is 22.0 Å². The number of ketones is 1. The first kappa shape index (κ1) is 14.6. The summed E-state index contributed by atoms with van der Waals surface area (Å²) >= 11 is 0. The van der Waals surface area contributed by atoms with Crippen LogP contribution in [0.25, 0.3) is 0 Å². The Kier molecular flexibility index (Phi) is 4.09. The van der Waals surface area contributed by atoms with E-state index in [4.69, 9.17) is 0 Å². The highest BCUT2D eigenvalue weighted by molar-refractivity contribution is 5.97. The third-order valence-corrected chi connectivity index (χ3v) is 2.53. The summed E-state index contributed by atoms with van der Waals surface area (Å²) in [5.74, 6) is -1.01. The van der Waals surface area contributed by atoms with Gasteiger partial charge < -0.3 is 0 Å². The van der Waals surface area contributed by atoms with E-state index in [1.807, 2.05) is 0 Å². The zero-order chi connectivity index (χ0) is 14.1. The molecule has 0 atom stereocenters. The van der Waals surface area contributed by atoms with Crippen molar-refractivity contribution in [2.75, 3.05) is 0 Å². The quantitative estimate of drug-likeness (QED) is 0.585. The summed E-state index contributed by atoms with van der Waals surface area (Å²) in [6.07, 6.45) is -7.76. The molecule has 0 fully saturated rings. The van der Waals surface area contributed by atoms with Crippen LogP contribution in [0.3, 0.4) is 0 Å². The molecule has 0 aliphatic carbocycles. The predicted octanol–water partition coefficient (Wildman–Crippen LogP) is 4.41. The molecule has 0 saturated carbocycles. The molecule has 0 amide bonds. The lowest BCUT2D eigenvalue weighted by Crippen LogP contribution is -2.15. The van der Waals surface area contributed by atoms with E-state index in [1.165, 1.54) is 0 Å². The topological polar surface area (TPSA) is 17.1 Å². The lowest BCUT2D eigenvalue weighted by molar-refractivity contribution is -0.138. The first-order valence-corrected chi connectivity index (χ1v) is 5.21. The minimum Gasteiger partial charge on any atom is -0.294 e. The van der Waals surface area contributed by atoms with Gasteiger partial charge in [0.1, 0.15) is 0 Å². The van der Waals surface area contributed by atoms with Gasteiger partial charge in [0.15, 0.2) is 5.78 Å². The zero-order valence-electron chi connectivity index (χ0n) is 9.74. The Bertz CT molecular complexity index is 462. The van der Waals surface area contributed by atoms with Gasteiger partial charge in [0, 0.05) is 11.1 Å². The number of carbonyl (C=O) groups excluding carboxylic acids is 1. The van der Waals surface area contributed by atoms with E-state index in [9.17, 15) is 26.7 Å². The van der Waals surface area contributed by atoms with E-state index in [0.717, 1.165) is 19.1 Å². The molecule has 0 aliphatic rings. The average Bonchev–Trinajstić information content (AvgIpc) is 2.25. The summed E-state index contributed by atoms with van der Waals surface area (Å²) in [6, 6.07) is 1.71. The summed E-state index contributed by atoms with van der Waals surface area (Å²) in [5.41, 5.74) is -2.95. The van der Waals surface area contributed by atoms with Crippen LogP contribution in [0, 0.1) is 0 Å². The molecule has 6 heteroatoms. The second-order valence-electron chi connectivity index (χ2n) is 3.82. The van der Waals surface area contributed by atoms with Gasteiger partial charge in [-0.1, -0.05) is 6.92 Å². The van der Waals surface area contributed by atoms with Crippen molar-refractivity contribution < 1.29 is 26.7 Å². The molecule has 0 heterocycles. The Balaban J connectivity index is 3.66. The van der Waals surface area contributed by atoms with Gasteiger partial charge in [-0.2, -0.15) is 13.2 Å². The summed E-state index contributed by atoms with van der Waals surface area (Å²) in [6.45, 7) is 2.40. The first-order chi connectivity index (χ1) is 8.18. The Morgan fingerprint density at radius 1 is 1.28 bits per heavy atom. The van der Waals surface area contributed by atoms with Gasteiger partial charge in [-0.05, 0) is 31.0 Å². The molecule has 1 nitrogen and oxygen atoms in total. The molecule has 0 aliphatic heterocycles. The van der Waals surface area contributed by atoms with Gasteiger partial charge in [-0.15, -0.1) is 0 Å². The van der Waals surface area contributed by atoms with Crippen LogP contribution in [0.15, 0.2) is 12.1 Å². The Morgan fingerprint density at radius 3 is 2.17 bits per heavy atom. The summed E-state index contributed by atoms with van der Waals surface area (Å²) in [5, 5.41) is 0. The fourth-order valence-corrected chi connectivity index (χ4v) is 1.72. The van der Waals surface area contributed by atoms with E-state index >= 15 is 0 Å². The number of alkyl halides is 5. The van der Waals surface area contributed by atoms with Crippen molar-refractivity contribution in [3.63, 3.8) is 0 Å². The number of hydrogen-bond acceptors (Lipinski definition) is 1. The van der Waals surface area contributed by atoms with E-state index in [2.05, 4.69) is 0 Å². The van der Waals surface area contributed by atoms with E-state index < -0.39 is 35.1 Å². The third-order valence-electron chi connectivity index (χ3n) is 2.53. The number of carbonyl (C=O) groups is 1. The summed E-state index contributed by atoms with van der Waals surface area (Å²) in [7, 11) is 0. The van der Waals surface area contributed by atoms with Gasteiger partial charge in [-0.3, -0.25) is 4.79 Å². The van der Waals surface area contributed by atoms with Gasteiger partial charge in [0.25, 0.3) is 6.43 Å². The van der Waals surface area contributed by atoms with Crippen LogP contribution in [-0.2, 0) is 12.6 Å². The summed E-state index contributed by atoms with van der Waals surface area (Å²) < 4.78 is 63.8. The highest BCUT2D eigenvalue weighted by Crippen LogP contribution is 2.37. The monoisotopic (exact) mass is 266 g/mol. The summed E-state index contributed by atoms with van der Waals surface area (Å²) in [4.78, 5) is 11.2. The molecule has 1 aromatic rings. The van der Waals surface area contributed by atoms with Crippen molar-refractivity contribution in [2.45, 2.75) is 32.9 Å². The van der Waals surface area contributed by atoms with Crippen LogP contribution in [-0.4, -0.2) is 5.78 Å². The maximum Gasteiger partial charge on any atom is 0.417 e. The van der Waals surface area contributed by atoms with Crippen molar-refractivity contribution in [3.8, 4) is 0 Å². The van der Waals surface area contributed by atoms with Crippen molar-refractivity contribution in [1.82, 2.24) is 0 Å². The van der Waals surface area contributed by atoms with Gasteiger partial charge in [0.05, 0.1) is 5.56 Å². The predicted molar refractivity (Wildman–Crippen MR) is 55.8 cm³/mol. The minimum atomic E-state index is -4.82. The van der Waals surface area contributed by atoms with Gasteiger partial charge in [0.2, 0.25) is 0 Å². The molecule has 0 unspecified atom stereocenters. The molecule has 0 aromatic heterocycles. The number of rotatable bonds is 3. The fourth-order valence-electron chi connectivity index (χ4n) is 1.72. The second kappa shape index (κ2) is 5.04. The van der Waals surface area contributed by atoms with Crippen molar-refractivity contribution in [1.29, 1.82) is 0 Å². The highest BCUT2D eigenvalue weighted by atomic mass is 19.4. The lowest BCUT2D eigenvalue weighted by atomic mass is 9.94. The van der Waals surface area contributed by atoms with E-state index in [0.29, 0.717) is 0 Å². The van der Waals surface area contributed by atoms with Crippen LogP contribution in [0.1, 0.15) is 47.3 Å². The minimum absolute atomic E-state index is 0.127. The van der Waals surface area contributed by atoms with Crippen molar-refractivity contribution >= 4 is 5.78 Å². The average molecular weight is 266 g/mol. The van der Waals surface area contributed by atoms with Crippen molar-refractivity contribution in [2.24, 2.45) is 0 Å². The Hall–Kier alpha value is -1.46. The zero-order valence-corrected chi connectivity index (χ0v) is 9.74. The molecule has 0 N–H and O–H groups in total. The number of benzene rings is 1. The number of halogens is 5. The van der Waals surface area contributed by atoms with Gasteiger partial charge in [-0.25, -0.2) is 8.78 Å². The highest BCUT2D eigenvalue weighted by Gasteiger charge is 2.37. The molecule has 1 aromatic carbocycles.